The molecule has 4 heteroatoms. The summed E-state index contributed by atoms with van der Waals surface area (Å²) in [5, 5.41) is 3.15. The maximum absolute atomic E-state index is 12.5. The molecule has 1 aromatic rings. The molecule has 0 spiro atoms. The van der Waals surface area contributed by atoms with Crippen LogP contribution < -0.4 is 11.1 Å². The Balaban J connectivity index is 0.00000220. The van der Waals surface area contributed by atoms with Crippen molar-refractivity contribution in [2.45, 2.75) is 57.5 Å². The molecule has 0 bridgehead atoms. The minimum atomic E-state index is -0.959. The molecule has 1 aromatic carbocycles. The lowest BCUT2D eigenvalue weighted by Crippen LogP contribution is -2.51. The summed E-state index contributed by atoms with van der Waals surface area (Å²) in [6.07, 6.45) is 5.79. The van der Waals surface area contributed by atoms with Crippen LogP contribution in [-0.2, 0) is 10.3 Å². The normalized spacial score (nSPS) is 25.1. The largest absolute Gasteiger partial charge is 0.351 e. The maximum Gasteiger partial charge on any atom is 0.244 e. The van der Waals surface area contributed by atoms with Crippen LogP contribution in [0.1, 0.15) is 51.5 Å². The lowest BCUT2D eigenvalue weighted by Gasteiger charge is -2.27. The van der Waals surface area contributed by atoms with Crippen LogP contribution in [0.4, 0.5) is 0 Å². The predicted octanol–water partition coefficient (Wildman–Crippen LogP) is 3.37. The highest BCUT2D eigenvalue weighted by molar-refractivity contribution is 5.87. The van der Waals surface area contributed by atoms with Gasteiger partial charge in [0, 0.05) is 6.04 Å². The first-order valence-corrected chi connectivity index (χ1v) is 7.65. The molecule has 1 aliphatic carbocycles. The van der Waals surface area contributed by atoms with Crippen LogP contribution in [0, 0.1) is 5.92 Å². The summed E-state index contributed by atoms with van der Waals surface area (Å²) in [7, 11) is 0. The van der Waals surface area contributed by atoms with Crippen molar-refractivity contribution >= 4 is 18.3 Å². The zero-order valence-corrected chi connectivity index (χ0v) is 13.8. The molecule has 21 heavy (non-hydrogen) atoms. The summed E-state index contributed by atoms with van der Waals surface area (Å²) in [5.41, 5.74) is 6.15. The minimum Gasteiger partial charge on any atom is -0.351 e. The Morgan fingerprint density at radius 3 is 2.52 bits per heavy atom. The summed E-state index contributed by atoms with van der Waals surface area (Å²) < 4.78 is 0. The second kappa shape index (κ2) is 7.81. The summed E-state index contributed by atoms with van der Waals surface area (Å²) in [6.45, 7) is 4.08. The lowest BCUT2D eigenvalue weighted by molar-refractivity contribution is -0.126. The van der Waals surface area contributed by atoms with Crippen molar-refractivity contribution in [1.82, 2.24) is 5.32 Å². The predicted molar refractivity (Wildman–Crippen MR) is 89.4 cm³/mol. The SMILES string of the molecule is CC1CCCC(NC(=O)C(C)(N)c2ccccc2)CC1.Cl. The first-order valence-electron chi connectivity index (χ1n) is 7.65. The van der Waals surface area contributed by atoms with Gasteiger partial charge in [-0.2, -0.15) is 0 Å². The van der Waals surface area contributed by atoms with E-state index in [1.54, 1.807) is 6.92 Å². The maximum atomic E-state index is 12.5. The number of carbonyl (C=O) groups is 1. The van der Waals surface area contributed by atoms with Crippen molar-refractivity contribution in [2.75, 3.05) is 0 Å². The third-order valence-electron chi connectivity index (χ3n) is 4.44. The van der Waals surface area contributed by atoms with Gasteiger partial charge in [-0.3, -0.25) is 4.79 Å². The molecule has 3 N–H and O–H groups in total. The Kier molecular flexibility index (Phi) is 6.69. The fourth-order valence-corrected chi connectivity index (χ4v) is 2.88. The van der Waals surface area contributed by atoms with Gasteiger partial charge in [-0.05, 0) is 37.7 Å². The van der Waals surface area contributed by atoms with Crippen LogP contribution in [0.25, 0.3) is 0 Å². The van der Waals surface area contributed by atoms with Gasteiger partial charge in [0.15, 0.2) is 0 Å². The molecule has 0 aliphatic heterocycles. The van der Waals surface area contributed by atoms with Gasteiger partial charge in [-0.25, -0.2) is 0 Å². The van der Waals surface area contributed by atoms with Crippen LogP contribution in [0.5, 0.6) is 0 Å². The molecule has 118 valence electrons. The van der Waals surface area contributed by atoms with Crippen LogP contribution in [0.3, 0.4) is 0 Å². The number of rotatable bonds is 3. The standard InChI is InChI=1S/C17H26N2O.ClH/c1-13-7-6-10-15(12-11-13)19-16(20)17(2,18)14-8-4-3-5-9-14;/h3-5,8-9,13,15H,6-7,10-12,18H2,1-2H3,(H,19,20);1H. The number of amides is 1. The van der Waals surface area contributed by atoms with E-state index < -0.39 is 5.54 Å². The summed E-state index contributed by atoms with van der Waals surface area (Å²) in [6, 6.07) is 9.87. The quantitative estimate of drug-likeness (QED) is 0.841. The van der Waals surface area contributed by atoms with Crippen LogP contribution in [0.15, 0.2) is 30.3 Å². The highest BCUT2D eigenvalue weighted by Gasteiger charge is 2.32. The third-order valence-corrected chi connectivity index (χ3v) is 4.44. The molecule has 0 heterocycles. The van der Waals surface area contributed by atoms with E-state index in [1.807, 2.05) is 30.3 Å². The number of halogens is 1. The highest BCUT2D eigenvalue weighted by atomic mass is 35.5. The molecule has 0 radical (unpaired) electrons. The second-order valence-corrected chi connectivity index (χ2v) is 6.35. The number of benzene rings is 1. The molecule has 1 aliphatic rings. The van der Waals surface area contributed by atoms with E-state index in [0.29, 0.717) is 0 Å². The van der Waals surface area contributed by atoms with Gasteiger partial charge in [0.25, 0.3) is 0 Å². The average molecular weight is 311 g/mol. The zero-order chi connectivity index (χ0) is 14.6. The van der Waals surface area contributed by atoms with Crippen molar-refractivity contribution < 1.29 is 4.79 Å². The van der Waals surface area contributed by atoms with Gasteiger partial charge in [0.2, 0.25) is 5.91 Å². The van der Waals surface area contributed by atoms with E-state index in [2.05, 4.69) is 12.2 Å². The van der Waals surface area contributed by atoms with Crippen molar-refractivity contribution in [1.29, 1.82) is 0 Å². The number of nitrogens with two attached hydrogens (primary N) is 1. The monoisotopic (exact) mass is 310 g/mol. The van der Waals surface area contributed by atoms with E-state index >= 15 is 0 Å². The van der Waals surface area contributed by atoms with Crippen LogP contribution in [-0.4, -0.2) is 11.9 Å². The molecule has 0 aromatic heterocycles. The first-order chi connectivity index (χ1) is 9.50. The Hall–Kier alpha value is -1.06. The van der Waals surface area contributed by atoms with Gasteiger partial charge in [0.1, 0.15) is 5.54 Å². The number of hydrogen-bond acceptors (Lipinski definition) is 2. The topological polar surface area (TPSA) is 55.1 Å². The van der Waals surface area contributed by atoms with E-state index in [9.17, 15) is 4.79 Å². The molecule has 3 unspecified atom stereocenters. The number of carbonyl (C=O) groups excluding carboxylic acids is 1. The van der Waals surface area contributed by atoms with Gasteiger partial charge >= 0.3 is 0 Å². The average Bonchev–Trinajstić information content (AvgIpc) is 2.64. The Morgan fingerprint density at radius 1 is 1.19 bits per heavy atom. The van der Waals surface area contributed by atoms with Crippen molar-refractivity contribution in [3.63, 3.8) is 0 Å². The van der Waals surface area contributed by atoms with Gasteiger partial charge < -0.3 is 11.1 Å². The zero-order valence-electron chi connectivity index (χ0n) is 13.0. The Morgan fingerprint density at radius 2 is 1.86 bits per heavy atom. The Labute approximate surface area is 134 Å². The molecule has 2 rings (SSSR count). The lowest BCUT2D eigenvalue weighted by atomic mass is 9.91. The van der Waals surface area contributed by atoms with E-state index in [1.165, 1.54) is 19.3 Å². The van der Waals surface area contributed by atoms with E-state index in [4.69, 9.17) is 5.73 Å². The summed E-state index contributed by atoms with van der Waals surface area (Å²) in [5.74, 6) is 0.707. The van der Waals surface area contributed by atoms with Gasteiger partial charge in [-0.1, -0.05) is 50.1 Å². The fraction of sp³-hybridized carbons (Fsp3) is 0.588. The van der Waals surface area contributed by atoms with Gasteiger partial charge in [0.05, 0.1) is 0 Å². The van der Waals surface area contributed by atoms with Crippen LogP contribution in [0.2, 0.25) is 0 Å². The van der Waals surface area contributed by atoms with Crippen molar-refractivity contribution in [3.05, 3.63) is 35.9 Å². The highest BCUT2D eigenvalue weighted by Crippen LogP contribution is 2.24. The second-order valence-electron chi connectivity index (χ2n) is 6.35. The summed E-state index contributed by atoms with van der Waals surface area (Å²) in [4.78, 5) is 12.5. The van der Waals surface area contributed by atoms with Crippen LogP contribution >= 0.6 is 12.4 Å². The third kappa shape index (κ3) is 4.72. The Bertz CT molecular complexity index is 447. The molecular formula is C17H27ClN2O. The molecular weight excluding hydrogens is 284 g/mol. The number of hydrogen-bond donors (Lipinski definition) is 2. The first kappa shape index (κ1) is 18.0. The van der Waals surface area contributed by atoms with E-state index in [0.717, 1.165) is 24.3 Å². The molecule has 0 saturated heterocycles. The summed E-state index contributed by atoms with van der Waals surface area (Å²) >= 11 is 0. The number of nitrogens with one attached hydrogen (secondary N) is 1. The van der Waals surface area contributed by atoms with Gasteiger partial charge in [-0.15, -0.1) is 12.4 Å². The smallest absolute Gasteiger partial charge is 0.244 e. The van der Waals surface area contributed by atoms with Crippen molar-refractivity contribution in [3.8, 4) is 0 Å². The van der Waals surface area contributed by atoms with Crippen molar-refractivity contribution in [2.24, 2.45) is 11.7 Å². The molecule has 1 amide bonds. The molecule has 3 nitrogen and oxygen atoms in total. The molecule has 1 fully saturated rings. The van der Waals surface area contributed by atoms with E-state index in [-0.39, 0.29) is 24.4 Å². The molecule has 3 atom stereocenters. The fourth-order valence-electron chi connectivity index (χ4n) is 2.88. The molecule has 1 saturated carbocycles. The minimum absolute atomic E-state index is 0.